The number of nitrogens with one attached hydrogen (secondary N) is 2. The molecule has 1 amide bonds. The Balaban J connectivity index is 1.87. The van der Waals surface area contributed by atoms with Crippen molar-refractivity contribution in [2.24, 2.45) is 0 Å². The number of carbonyl (C=O) groups is 2. The normalized spacial score (nSPS) is 11.3. The molecule has 0 aliphatic rings. The maximum absolute atomic E-state index is 12.9. The molecule has 31 heavy (non-hydrogen) atoms. The fourth-order valence-electron chi connectivity index (χ4n) is 2.94. The number of aryl methyl sites for hydroxylation is 1. The number of ether oxygens (including phenoxy) is 1. The van der Waals surface area contributed by atoms with Gasteiger partial charge in [-0.1, -0.05) is 48.0 Å². The summed E-state index contributed by atoms with van der Waals surface area (Å²) in [6.45, 7) is 1.93. The van der Waals surface area contributed by atoms with E-state index in [1.807, 2.05) is 19.1 Å². The SMILES string of the molecule is CNc1ccc(C(=O)O[C@@H](C(=O)Nc2ccc(C)cc2)c2ccccc2)cc1[N+](=O)[O-]. The maximum atomic E-state index is 12.9. The first kappa shape index (κ1) is 21.5. The van der Waals surface area contributed by atoms with Crippen LogP contribution in [0.3, 0.4) is 0 Å². The highest BCUT2D eigenvalue weighted by molar-refractivity contribution is 5.98. The van der Waals surface area contributed by atoms with Crippen molar-refractivity contribution in [1.82, 2.24) is 0 Å². The first-order valence-corrected chi connectivity index (χ1v) is 9.48. The van der Waals surface area contributed by atoms with Crippen LogP contribution in [0.25, 0.3) is 0 Å². The fourth-order valence-corrected chi connectivity index (χ4v) is 2.94. The summed E-state index contributed by atoms with van der Waals surface area (Å²) < 4.78 is 5.49. The van der Waals surface area contributed by atoms with E-state index in [1.165, 1.54) is 12.1 Å². The summed E-state index contributed by atoms with van der Waals surface area (Å²) in [6.07, 6.45) is -1.24. The summed E-state index contributed by atoms with van der Waals surface area (Å²) in [5.74, 6) is -1.39. The molecule has 0 saturated heterocycles. The van der Waals surface area contributed by atoms with Gasteiger partial charge in [0.15, 0.2) is 0 Å². The molecule has 0 spiro atoms. The Bertz CT molecular complexity index is 1100. The molecule has 0 fully saturated rings. The van der Waals surface area contributed by atoms with Crippen LogP contribution in [0.15, 0.2) is 72.8 Å². The molecule has 0 heterocycles. The highest BCUT2D eigenvalue weighted by Gasteiger charge is 2.27. The van der Waals surface area contributed by atoms with Crippen molar-refractivity contribution < 1.29 is 19.2 Å². The monoisotopic (exact) mass is 419 g/mol. The molecule has 3 rings (SSSR count). The Labute approximate surface area is 179 Å². The van der Waals surface area contributed by atoms with Crippen molar-refractivity contribution in [3.63, 3.8) is 0 Å². The van der Waals surface area contributed by atoms with Gasteiger partial charge in [0.05, 0.1) is 10.5 Å². The summed E-state index contributed by atoms with van der Waals surface area (Å²) >= 11 is 0. The Morgan fingerprint density at radius 1 is 1.00 bits per heavy atom. The summed E-state index contributed by atoms with van der Waals surface area (Å²) in [6, 6.07) is 19.7. The summed E-state index contributed by atoms with van der Waals surface area (Å²) in [7, 11) is 1.54. The Morgan fingerprint density at radius 2 is 1.68 bits per heavy atom. The number of nitro benzene ring substituents is 1. The topological polar surface area (TPSA) is 111 Å². The second-order valence-electron chi connectivity index (χ2n) is 6.79. The van der Waals surface area contributed by atoms with Crippen molar-refractivity contribution in [2.45, 2.75) is 13.0 Å². The molecule has 3 aromatic rings. The lowest BCUT2D eigenvalue weighted by atomic mass is 10.1. The molecule has 0 aromatic heterocycles. The Kier molecular flexibility index (Phi) is 6.61. The van der Waals surface area contributed by atoms with Crippen molar-refractivity contribution >= 4 is 28.9 Å². The summed E-state index contributed by atoms with van der Waals surface area (Å²) in [4.78, 5) is 36.4. The van der Waals surface area contributed by atoms with Gasteiger partial charge in [-0.15, -0.1) is 0 Å². The van der Waals surface area contributed by atoms with Crippen LogP contribution < -0.4 is 10.6 Å². The second-order valence-corrected chi connectivity index (χ2v) is 6.79. The number of benzene rings is 3. The van der Waals surface area contributed by atoms with Crippen molar-refractivity contribution in [2.75, 3.05) is 17.7 Å². The summed E-state index contributed by atoms with van der Waals surface area (Å²) in [5, 5.41) is 16.7. The average molecular weight is 419 g/mol. The zero-order valence-electron chi connectivity index (χ0n) is 17.0. The molecule has 3 aromatic carbocycles. The van der Waals surface area contributed by atoms with Crippen molar-refractivity contribution in [1.29, 1.82) is 0 Å². The van der Waals surface area contributed by atoms with Gasteiger partial charge in [-0.2, -0.15) is 0 Å². The predicted molar refractivity (Wildman–Crippen MR) is 117 cm³/mol. The average Bonchev–Trinajstić information content (AvgIpc) is 2.78. The maximum Gasteiger partial charge on any atom is 0.339 e. The number of amides is 1. The van der Waals surface area contributed by atoms with E-state index in [0.29, 0.717) is 11.3 Å². The second kappa shape index (κ2) is 9.53. The van der Waals surface area contributed by atoms with Crippen molar-refractivity contribution in [3.8, 4) is 0 Å². The van der Waals surface area contributed by atoms with Crippen LogP contribution in [0.4, 0.5) is 17.1 Å². The van der Waals surface area contributed by atoms with Crippen LogP contribution in [0.5, 0.6) is 0 Å². The molecular weight excluding hydrogens is 398 g/mol. The lowest BCUT2D eigenvalue weighted by Crippen LogP contribution is -2.26. The highest BCUT2D eigenvalue weighted by atomic mass is 16.6. The van der Waals surface area contributed by atoms with Gasteiger partial charge in [-0.25, -0.2) is 4.79 Å². The van der Waals surface area contributed by atoms with E-state index in [0.717, 1.165) is 11.6 Å². The molecule has 0 radical (unpaired) electrons. The summed E-state index contributed by atoms with van der Waals surface area (Å²) in [5.41, 5.74) is 2.03. The third-order valence-electron chi connectivity index (χ3n) is 4.58. The molecule has 0 aliphatic carbocycles. The van der Waals surface area contributed by atoms with Gasteiger partial charge in [0.1, 0.15) is 5.69 Å². The molecule has 8 heteroatoms. The van der Waals surface area contributed by atoms with Crippen LogP contribution in [-0.2, 0) is 9.53 Å². The van der Waals surface area contributed by atoms with Gasteiger partial charge < -0.3 is 15.4 Å². The van der Waals surface area contributed by atoms with Gasteiger partial charge in [0, 0.05) is 24.4 Å². The van der Waals surface area contributed by atoms with E-state index in [-0.39, 0.29) is 16.9 Å². The van der Waals surface area contributed by atoms with E-state index in [1.54, 1.807) is 49.5 Å². The number of nitro groups is 1. The minimum absolute atomic E-state index is 0.0326. The minimum atomic E-state index is -1.24. The number of hydrogen-bond donors (Lipinski definition) is 2. The van der Waals surface area contributed by atoms with Crippen LogP contribution in [-0.4, -0.2) is 23.8 Å². The van der Waals surface area contributed by atoms with Gasteiger partial charge in [0.25, 0.3) is 11.6 Å². The molecule has 0 unspecified atom stereocenters. The lowest BCUT2D eigenvalue weighted by Gasteiger charge is -2.18. The Hall–Kier alpha value is -4.20. The number of carbonyl (C=O) groups excluding carboxylic acids is 2. The number of nitrogens with zero attached hydrogens (tertiary/aromatic N) is 1. The predicted octanol–water partition coefficient (Wildman–Crippen LogP) is 4.48. The molecule has 0 aliphatic heterocycles. The van der Waals surface area contributed by atoms with E-state index in [9.17, 15) is 19.7 Å². The van der Waals surface area contributed by atoms with Gasteiger partial charge in [-0.05, 0) is 31.2 Å². The highest BCUT2D eigenvalue weighted by Crippen LogP contribution is 2.27. The molecular formula is C23H21N3O5. The fraction of sp³-hybridized carbons (Fsp3) is 0.130. The zero-order chi connectivity index (χ0) is 22.4. The van der Waals surface area contributed by atoms with E-state index < -0.39 is 22.9 Å². The van der Waals surface area contributed by atoms with Crippen LogP contribution in [0, 0.1) is 17.0 Å². The number of esters is 1. The molecule has 1 atom stereocenters. The standard InChI is InChI=1S/C23H21N3O5/c1-15-8-11-18(12-9-15)25-22(27)21(16-6-4-3-5-7-16)31-23(28)17-10-13-19(24-2)20(14-17)26(29)30/h3-14,21,24H,1-2H3,(H,25,27)/t21-/m1/s1. The lowest BCUT2D eigenvalue weighted by molar-refractivity contribution is -0.384. The molecule has 0 saturated carbocycles. The number of hydrogen-bond acceptors (Lipinski definition) is 6. The molecule has 0 bridgehead atoms. The van der Waals surface area contributed by atoms with Crippen LogP contribution >= 0.6 is 0 Å². The molecule has 158 valence electrons. The number of rotatable bonds is 7. The van der Waals surface area contributed by atoms with Gasteiger partial charge in [-0.3, -0.25) is 14.9 Å². The minimum Gasteiger partial charge on any atom is -0.444 e. The van der Waals surface area contributed by atoms with Gasteiger partial charge in [0.2, 0.25) is 6.10 Å². The van der Waals surface area contributed by atoms with Crippen LogP contribution in [0.2, 0.25) is 0 Å². The first-order chi connectivity index (χ1) is 14.9. The van der Waals surface area contributed by atoms with Crippen LogP contribution in [0.1, 0.15) is 27.6 Å². The zero-order valence-corrected chi connectivity index (χ0v) is 17.0. The quantitative estimate of drug-likeness (QED) is 0.332. The number of anilines is 2. The van der Waals surface area contributed by atoms with E-state index >= 15 is 0 Å². The third-order valence-corrected chi connectivity index (χ3v) is 4.58. The molecule has 8 nitrogen and oxygen atoms in total. The largest absolute Gasteiger partial charge is 0.444 e. The van der Waals surface area contributed by atoms with Crippen molar-refractivity contribution in [3.05, 3.63) is 99.6 Å². The Morgan fingerprint density at radius 3 is 2.29 bits per heavy atom. The van der Waals surface area contributed by atoms with E-state index in [4.69, 9.17) is 4.74 Å². The third kappa shape index (κ3) is 5.24. The first-order valence-electron chi connectivity index (χ1n) is 9.48. The smallest absolute Gasteiger partial charge is 0.339 e. The van der Waals surface area contributed by atoms with E-state index in [2.05, 4.69) is 10.6 Å². The van der Waals surface area contributed by atoms with Gasteiger partial charge >= 0.3 is 5.97 Å². The molecule has 2 N–H and O–H groups in total.